The Morgan fingerprint density at radius 3 is 2.77 bits per heavy atom. The van der Waals surface area contributed by atoms with Gasteiger partial charge in [0.25, 0.3) is 0 Å². The fraction of sp³-hybridized carbons (Fsp3) is 0.727. The Morgan fingerprint density at radius 2 is 2.15 bits per heavy atom. The van der Waals surface area contributed by atoms with Gasteiger partial charge in [-0.05, 0) is 24.7 Å². The molecule has 70 valence electrons. The molecular formula is C11H15NO. The van der Waals surface area contributed by atoms with Gasteiger partial charge in [-0.3, -0.25) is 0 Å². The highest BCUT2D eigenvalue weighted by Gasteiger charge is 2.42. The maximum atomic E-state index is 8.44. The van der Waals surface area contributed by atoms with Gasteiger partial charge in [0, 0.05) is 6.42 Å². The number of ether oxygens (including phenoxy) is 1. The molecule has 4 unspecified atom stereocenters. The molecule has 0 saturated carbocycles. The van der Waals surface area contributed by atoms with E-state index >= 15 is 0 Å². The Kier molecular flexibility index (Phi) is 2.37. The van der Waals surface area contributed by atoms with E-state index in [0.717, 1.165) is 12.8 Å². The number of hydrogen-bond donors (Lipinski definition) is 0. The molecule has 0 radical (unpaired) electrons. The van der Waals surface area contributed by atoms with Crippen LogP contribution in [-0.2, 0) is 4.74 Å². The van der Waals surface area contributed by atoms with Crippen molar-refractivity contribution in [3.8, 4) is 6.07 Å². The fourth-order valence-electron chi connectivity index (χ4n) is 2.42. The molecule has 0 N–H and O–H groups in total. The molecule has 0 aromatic heterocycles. The van der Waals surface area contributed by atoms with Gasteiger partial charge >= 0.3 is 0 Å². The zero-order chi connectivity index (χ0) is 9.26. The van der Waals surface area contributed by atoms with Crippen molar-refractivity contribution in [3.63, 3.8) is 0 Å². The second-order valence-electron chi connectivity index (χ2n) is 4.02. The van der Waals surface area contributed by atoms with Crippen LogP contribution in [0.15, 0.2) is 12.2 Å². The zero-order valence-electron chi connectivity index (χ0n) is 7.94. The Morgan fingerprint density at radius 1 is 1.38 bits per heavy atom. The van der Waals surface area contributed by atoms with Gasteiger partial charge in [-0.15, -0.1) is 0 Å². The first-order valence-corrected chi connectivity index (χ1v) is 5.03. The standard InChI is InChI=1S/C11H15NO/c1-8-9(4-2-3-7-12)11-6-5-10(8)13-11/h5-6,8-11H,2-4H2,1H3. The molecule has 2 heterocycles. The van der Waals surface area contributed by atoms with Gasteiger partial charge in [-0.25, -0.2) is 0 Å². The first-order valence-electron chi connectivity index (χ1n) is 5.03. The van der Waals surface area contributed by atoms with Crippen LogP contribution in [0.2, 0.25) is 0 Å². The first-order chi connectivity index (χ1) is 6.33. The van der Waals surface area contributed by atoms with E-state index in [4.69, 9.17) is 10.00 Å². The SMILES string of the molecule is CC1C2C=CC(O2)C1CCCC#N. The summed E-state index contributed by atoms with van der Waals surface area (Å²) in [6.45, 7) is 2.26. The minimum absolute atomic E-state index is 0.346. The number of unbranched alkanes of at least 4 members (excludes halogenated alkanes) is 1. The first kappa shape index (κ1) is 8.77. The summed E-state index contributed by atoms with van der Waals surface area (Å²) in [6, 6.07) is 2.19. The van der Waals surface area contributed by atoms with E-state index in [1.54, 1.807) is 0 Å². The van der Waals surface area contributed by atoms with Crippen molar-refractivity contribution in [1.29, 1.82) is 5.26 Å². The molecule has 1 fully saturated rings. The van der Waals surface area contributed by atoms with Gasteiger partial charge in [-0.2, -0.15) is 5.26 Å². The molecule has 0 aromatic carbocycles. The Bertz CT molecular complexity index is 253. The molecule has 0 aliphatic carbocycles. The van der Waals surface area contributed by atoms with Gasteiger partial charge < -0.3 is 4.74 Å². The highest BCUT2D eigenvalue weighted by atomic mass is 16.5. The highest BCUT2D eigenvalue weighted by Crippen LogP contribution is 2.41. The van der Waals surface area contributed by atoms with Crippen molar-refractivity contribution in [2.24, 2.45) is 11.8 Å². The molecular weight excluding hydrogens is 162 g/mol. The van der Waals surface area contributed by atoms with Crippen LogP contribution < -0.4 is 0 Å². The molecule has 0 amide bonds. The van der Waals surface area contributed by atoms with Gasteiger partial charge in [0.2, 0.25) is 0 Å². The number of fused-ring (bicyclic) bond motifs is 2. The third kappa shape index (κ3) is 1.49. The predicted molar refractivity (Wildman–Crippen MR) is 49.9 cm³/mol. The minimum Gasteiger partial charge on any atom is -0.366 e. The largest absolute Gasteiger partial charge is 0.366 e. The van der Waals surface area contributed by atoms with E-state index in [0.29, 0.717) is 30.5 Å². The van der Waals surface area contributed by atoms with E-state index < -0.39 is 0 Å². The maximum absolute atomic E-state index is 8.44. The Balaban J connectivity index is 1.87. The van der Waals surface area contributed by atoms with Crippen molar-refractivity contribution >= 4 is 0 Å². The third-order valence-electron chi connectivity index (χ3n) is 3.25. The van der Waals surface area contributed by atoms with Crippen LogP contribution in [0.4, 0.5) is 0 Å². The Labute approximate surface area is 79.2 Å². The second-order valence-corrected chi connectivity index (χ2v) is 4.02. The van der Waals surface area contributed by atoms with Crippen molar-refractivity contribution in [1.82, 2.24) is 0 Å². The number of nitriles is 1. The minimum atomic E-state index is 0.346. The van der Waals surface area contributed by atoms with Crippen LogP contribution in [0.3, 0.4) is 0 Å². The molecule has 2 heteroatoms. The predicted octanol–water partition coefficient (Wildman–Crippen LogP) is 2.27. The van der Waals surface area contributed by atoms with Gasteiger partial charge in [-0.1, -0.05) is 19.1 Å². The van der Waals surface area contributed by atoms with E-state index in [-0.39, 0.29) is 0 Å². The molecule has 4 atom stereocenters. The smallest absolute Gasteiger partial charge is 0.0796 e. The summed E-state index contributed by atoms with van der Waals surface area (Å²) in [5, 5.41) is 8.44. The molecule has 2 aliphatic rings. The van der Waals surface area contributed by atoms with Crippen LogP contribution in [0.1, 0.15) is 26.2 Å². The van der Waals surface area contributed by atoms with Crippen LogP contribution in [0, 0.1) is 23.2 Å². The molecule has 0 spiro atoms. The van der Waals surface area contributed by atoms with E-state index in [2.05, 4.69) is 25.1 Å². The lowest BCUT2D eigenvalue weighted by molar-refractivity contribution is 0.103. The topological polar surface area (TPSA) is 33.0 Å². The quantitative estimate of drug-likeness (QED) is 0.489. The molecule has 2 nitrogen and oxygen atoms in total. The Hall–Kier alpha value is -0.810. The molecule has 1 saturated heterocycles. The normalized spacial score (nSPS) is 40.9. The van der Waals surface area contributed by atoms with Crippen molar-refractivity contribution in [2.45, 2.75) is 38.4 Å². The molecule has 2 bridgehead atoms. The van der Waals surface area contributed by atoms with E-state index in [1.165, 1.54) is 0 Å². The van der Waals surface area contributed by atoms with Crippen LogP contribution in [0.25, 0.3) is 0 Å². The summed E-state index contributed by atoms with van der Waals surface area (Å²) >= 11 is 0. The average molecular weight is 177 g/mol. The number of hydrogen-bond acceptors (Lipinski definition) is 2. The van der Waals surface area contributed by atoms with Crippen LogP contribution >= 0.6 is 0 Å². The monoisotopic (exact) mass is 177 g/mol. The van der Waals surface area contributed by atoms with Gasteiger partial charge in [0.05, 0.1) is 18.3 Å². The van der Waals surface area contributed by atoms with E-state index in [1.807, 2.05) is 0 Å². The second kappa shape index (κ2) is 3.51. The molecule has 0 aromatic rings. The lowest BCUT2D eigenvalue weighted by Crippen LogP contribution is -2.21. The average Bonchev–Trinajstić information content (AvgIpc) is 2.69. The highest BCUT2D eigenvalue weighted by molar-refractivity contribution is 5.13. The summed E-state index contributed by atoms with van der Waals surface area (Å²) in [5.41, 5.74) is 0. The summed E-state index contributed by atoms with van der Waals surface area (Å²) in [5.74, 6) is 1.30. The lowest BCUT2D eigenvalue weighted by atomic mass is 9.81. The van der Waals surface area contributed by atoms with Crippen molar-refractivity contribution in [2.75, 3.05) is 0 Å². The summed E-state index contributed by atoms with van der Waals surface area (Å²) in [7, 11) is 0. The molecule has 2 rings (SSSR count). The van der Waals surface area contributed by atoms with Gasteiger partial charge in [0.15, 0.2) is 0 Å². The van der Waals surface area contributed by atoms with Crippen molar-refractivity contribution in [3.05, 3.63) is 12.2 Å². The summed E-state index contributed by atoms with van der Waals surface area (Å²) in [6.07, 6.45) is 7.91. The summed E-state index contributed by atoms with van der Waals surface area (Å²) < 4.78 is 5.73. The molecule has 13 heavy (non-hydrogen) atoms. The van der Waals surface area contributed by atoms with Gasteiger partial charge in [0.1, 0.15) is 0 Å². The summed E-state index contributed by atoms with van der Waals surface area (Å²) in [4.78, 5) is 0. The van der Waals surface area contributed by atoms with E-state index in [9.17, 15) is 0 Å². The zero-order valence-corrected chi connectivity index (χ0v) is 7.94. The number of nitrogens with zero attached hydrogens (tertiary/aromatic N) is 1. The molecule has 2 aliphatic heterocycles. The van der Waals surface area contributed by atoms with Crippen molar-refractivity contribution < 1.29 is 4.74 Å². The lowest BCUT2D eigenvalue weighted by Gasteiger charge is -2.20. The maximum Gasteiger partial charge on any atom is 0.0796 e. The van der Waals surface area contributed by atoms with Crippen LogP contribution in [-0.4, -0.2) is 12.2 Å². The van der Waals surface area contributed by atoms with Crippen LogP contribution in [0.5, 0.6) is 0 Å². The third-order valence-corrected chi connectivity index (χ3v) is 3.25. The number of rotatable bonds is 3. The fourth-order valence-corrected chi connectivity index (χ4v) is 2.42.